The van der Waals surface area contributed by atoms with Crippen molar-refractivity contribution >= 4 is 20.0 Å². The van der Waals surface area contributed by atoms with E-state index in [4.69, 9.17) is 0 Å². The maximum atomic E-state index is 12.7. The summed E-state index contributed by atoms with van der Waals surface area (Å²) in [6.45, 7) is 1.22. The lowest BCUT2D eigenvalue weighted by molar-refractivity contribution is -0.0522. The molecule has 1 aliphatic rings. The summed E-state index contributed by atoms with van der Waals surface area (Å²) in [6, 6.07) is 0. The molecule has 0 amide bonds. The van der Waals surface area contributed by atoms with E-state index in [9.17, 15) is 43.2 Å². The molecule has 0 aromatic carbocycles. The van der Waals surface area contributed by atoms with Crippen molar-refractivity contribution in [2.24, 2.45) is 0 Å². The average molecular weight is 416 g/mol. The molecule has 1 heterocycles. The zero-order valence-electron chi connectivity index (χ0n) is 12.7. The molecular weight excluding hydrogens is 402 g/mol. The second-order valence-electron chi connectivity index (χ2n) is 4.92. The van der Waals surface area contributed by atoms with E-state index in [2.05, 4.69) is 0 Å². The monoisotopic (exact) mass is 416 g/mol. The van der Waals surface area contributed by atoms with Crippen molar-refractivity contribution < 1.29 is 43.2 Å². The van der Waals surface area contributed by atoms with Gasteiger partial charge in [0.25, 0.3) is 0 Å². The summed E-state index contributed by atoms with van der Waals surface area (Å²) in [7, 11) is -13.7. The molecule has 146 valence electrons. The van der Waals surface area contributed by atoms with Gasteiger partial charge in [-0.1, -0.05) is 13.3 Å². The zero-order valence-corrected chi connectivity index (χ0v) is 14.3. The van der Waals surface area contributed by atoms with Crippen LogP contribution in [0.3, 0.4) is 0 Å². The second kappa shape index (κ2) is 7.05. The molecule has 1 aliphatic heterocycles. The van der Waals surface area contributed by atoms with Crippen LogP contribution in [0.15, 0.2) is 24.0 Å². The van der Waals surface area contributed by atoms with Crippen molar-refractivity contribution in [3.63, 3.8) is 0 Å². The van der Waals surface area contributed by atoms with Gasteiger partial charge in [-0.2, -0.15) is 46.9 Å². The molecule has 0 aliphatic carbocycles. The van der Waals surface area contributed by atoms with Gasteiger partial charge in [0.2, 0.25) is 0 Å². The summed E-state index contributed by atoms with van der Waals surface area (Å²) < 4.78 is 121. The molecule has 1 rings (SSSR count). The summed E-state index contributed by atoms with van der Waals surface area (Å²) in [5, 5.41) is 0. The van der Waals surface area contributed by atoms with Gasteiger partial charge in [-0.15, -0.1) is 0 Å². The van der Waals surface area contributed by atoms with Gasteiger partial charge in [-0.05, 0) is 24.8 Å². The Balaban J connectivity index is 3.46. The van der Waals surface area contributed by atoms with Crippen molar-refractivity contribution in [1.29, 1.82) is 0 Å². The molecule has 0 unspecified atom stereocenters. The minimum absolute atomic E-state index is 0.191. The van der Waals surface area contributed by atoms with E-state index in [1.807, 2.05) is 0 Å². The largest absolute Gasteiger partial charge is 0.517 e. The Labute approximate surface area is 140 Å². The lowest BCUT2D eigenvalue weighted by Crippen LogP contribution is -2.50. The number of unbranched alkanes of at least 4 members (excludes halogenated alkanes) is 1. The third-order valence-electron chi connectivity index (χ3n) is 3.01. The molecule has 0 radical (unpaired) electrons. The highest BCUT2D eigenvalue weighted by molar-refractivity contribution is 8.05. The molecule has 0 aromatic heterocycles. The predicted molar refractivity (Wildman–Crippen MR) is 75.5 cm³/mol. The summed E-state index contributed by atoms with van der Waals surface area (Å²) >= 11 is 0. The molecule has 0 N–H and O–H groups in total. The molecule has 25 heavy (non-hydrogen) atoms. The number of halogens is 6. The first-order valence-corrected chi connectivity index (χ1v) is 9.58. The van der Waals surface area contributed by atoms with Crippen LogP contribution in [0.25, 0.3) is 0 Å². The van der Waals surface area contributed by atoms with E-state index in [1.165, 1.54) is 11.1 Å². The third-order valence-corrected chi connectivity index (χ3v) is 6.70. The molecule has 6 nitrogen and oxygen atoms in total. The molecular formula is C11H14F6N2O4S2. The van der Waals surface area contributed by atoms with E-state index in [1.54, 1.807) is 6.92 Å². The second-order valence-corrected chi connectivity index (χ2v) is 8.71. The average Bonchev–Trinajstić information content (AvgIpc) is 2.42. The Bertz CT molecular complexity index is 708. The summed E-state index contributed by atoms with van der Waals surface area (Å²) in [5.74, 6) is 0. The van der Waals surface area contributed by atoms with Gasteiger partial charge in [-0.3, -0.25) is 0 Å². The molecule has 0 spiro atoms. The minimum Gasteiger partial charge on any atom is -0.372 e. The van der Waals surface area contributed by atoms with Crippen molar-refractivity contribution in [2.45, 2.75) is 30.8 Å². The van der Waals surface area contributed by atoms with Crippen LogP contribution in [0.2, 0.25) is 0 Å². The van der Waals surface area contributed by atoms with Crippen molar-refractivity contribution in [3.8, 4) is 0 Å². The van der Waals surface area contributed by atoms with Gasteiger partial charge < -0.3 is 4.90 Å². The first kappa shape index (κ1) is 21.6. The Morgan fingerprint density at radius 2 is 1.52 bits per heavy atom. The van der Waals surface area contributed by atoms with Crippen LogP contribution in [0.4, 0.5) is 26.3 Å². The normalized spacial score (nSPS) is 16.8. The Kier molecular flexibility index (Phi) is 6.09. The van der Waals surface area contributed by atoms with Gasteiger partial charge in [0, 0.05) is 6.54 Å². The van der Waals surface area contributed by atoms with E-state index >= 15 is 0 Å². The Hall–Kier alpha value is -1.44. The van der Waals surface area contributed by atoms with Crippen molar-refractivity contribution in [3.05, 3.63) is 24.0 Å². The highest BCUT2D eigenvalue weighted by Gasteiger charge is 2.62. The summed E-state index contributed by atoms with van der Waals surface area (Å²) in [4.78, 5) is 1.21. The fraction of sp³-hybridized carbons (Fsp3) is 0.636. The van der Waals surface area contributed by atoms with Crippen LogP contribution in [0.1, 0.15) is 19.8 Å². The summed E-state index contributed by atoms with van der Waals surface area (Å²) in [5.41, 5.74) is -13.6. The quantitative estimate of drug-likeness (QED) is 0.622. The number of nitrogens with zero attached hydrogens (tertiary/aromatic N) is 2. The van der Waals surface area contributed by atoms with Crippen LogP contribution in [0, 0.1) is 0 Å². The van der Waals surface area contributed by atoms with Crippen LogP contribution in [-0.2, 0) is 20.0 Å². The highest BCUT2D eigenvalue weighted by atomic mass is 32.3. The van der Waals surface area contributed by atoms with Gasteiger partial charge in [0.15, 0.2) is 0 Å². The maximum absolute atomic E-state index is 12.7. The lowest BCUT2D eigenvalue weighted by Gasteiger charge is -2.32. The maximum Gasteiger partial charge on any atom is 0.517 e. The summed E-state index contributed by atoms with van der Waals surface area (Å²) in [6.07, 6.45) is 4.01. The fourth-order valence-electron chi connectivity index (χ4n) is 1.85. The van der Waals surface area contributed by atoms with Gasteiger partial charge >= 0.3 is 31.1 Å². The third kappa shape index (κ3) is 4.40. The van der Waals surface area contributed by atoms with Crippen LogP contribution in [-0.4, -0.2) is 49.6 Å². The number of rotatable bonds is 6. The molecule has 0 bridgehead atoms. The number of allylic oxidation sites excluding steroid dienone is 2. The zero-order chi connectivity index (χ0) is 19.7. The van der Waals surface area contributed by atoms with Crippen LogP contribution >= 0.6 is 0 Å². The lowest BCUT2D eigenvalue weighted by atomic mass is 10.2. The topological polar surface area (TPSA) is 74.8 Å². The van der Waals surface area contributed by atoms with E-state index < -0.39 is 47.0 Å². The van der Waals surface area contributed by atoms with E-state index in [-0.39, 0.29) is 6.54 Å². The van der Waals surface area contributed by atoms with E-state index in [0.29, 0.717) is 18.9 Å². The molecule has 0 saturated carbocycles. The first-order valence-electron chi connectivity index (χ1n) is 6.70. The first-order chi connectivity index (χ1) is 11.2. The van der Waals surface area contributed by atoms with Crippen LogP contribution < -0.4 is 0 Å². The Morgan fingerprint density at radius 1 is 1.04 bits per heavy atom. The predicted octanol–water partition coefficient (Wildman–Crippen LogP) is 2.50. The minimum atomic E-state index is -6.83. The SMILES string of the molecule is CCCCN1C=CC=C(N(S(=O)(=O)C(F)(F)F)S(=O)(=O)C(F)(F)F)C1. The molecule has 0 atom stereocenters. The number of sulfonamides is 2. The standard InChI is InChI=1S/C11H14F6N2O4S2/c1-2-3-6-18-7-4-5-9(8-18)19(24(20,21)10(12,13)14)25(22,23)11(15,16)17/h4-5,7H,2-3,6,8H2,1H3. The van der Waals surface area contributed by atoms with Gasteiger partial charge in [0.05, 0.1) is 12.2 Å². The Morgan fingerprint density at radius 3 is 1.92 bits per heavy atom. The van der Waals surface area contributed by atoms with Crippen molar-refractivity contribution in [2.75, 3.05) is 13.1 Å². The molecule has 0 fully saturated rings. The highest BCUT2D eigenvalue weighted by Crippen LogP contribution is 2.38. The van der Waals surface area contributed by atoms with E-state index in [0.717, 1.165) is 6.08 Å². The fourth-order valence-corrected chi connectivity index (χ4v) is 4.62. The molecule has 0 aromatic rings. The van der Waals surface area contributed by atoms with Crippen molar-refractivity contribution in [1.82, 2.24) is 8.61 Å². The number of hydrogen-bond donors (Lipinski definition) is 0. The van der Waals surface area contributed by atoms with Gasteiger partial charge in [-0.25, -0.2) is 0 Å². The number of hydrogen-bond acceptors (Lipinski definition) is 5. The molecule has 14 heteroatoms. The number of alkyl halides is 6. The van der Waals surface area contributed by atoms with Gasteiger partial charge in [0.1, 0.15) is 0 Å². The van der Waals surface area contributed by atoms with Crippen LogP contribution in [0.5, 0.6) is 0 Å². The smallest absolute Gasteiger partial charge is 0.372 e. The molecule has 0 saturated heterocycles.